The number of nitriles is 1. The number of nitrogens with one attached hydrogen (secondary N) is 1. The van der Waals surface area contributed by atoms with Crippen molar-refractivity contribution in [3.05, 3.63) is 65.2 Å². The zero-order chi connectivity index (χ0) is 15.2. The molecule has 2 aromatic rings. The highest BCUT2D eigenvalue weighted by molar-refractivity contribution is 5.34. The van der Waals surface area contributed by atoms with E-state index in [0.29, 0.717) is 5.56 Å². The van der Waals surface area contributed by atoms with Crippen LogP contribution in [0.4, 0.5) is 0 Å². The molecule has 0 spiro atoms. The highest BCUT2D eigenvalue weighted by Crippen LogP contribution is 2.21. The van der Waals surface area contributed by atoms with Crippen molar-refractivity contribution < 1.29 is 4.74 Å². The third-order valence-electron chi connectivity index (χ3n) is 3.63. The number of hydrogen-bond donors (Lipinski definition) is 1. The summed E-state index contributed by atoms with van der Waals surface area (Å²) in [6.45, 7) is 4.24. The molecule has 3 heteroatoms. The largest absolute Gasteiger partial charge is 0.497 e. The van der Waals surface area contributed by atoms with Crippen LogP contribution in [0.15, 0.2) is 48.5 Å². The van der Waals surface area contributed by atoms with Gasteiger partial charge in [-0.15, -0.1) is 0 Å². The van der Waals surface area contributed by atoms with Crippen LogP contribution in [0.1, 0.15) is 42.6 Å². The molecule has 1 unspecified atom stereocenters. The van der Waals surface area contributed by atoms with Gasteiger partial charge in [0.2, 0.25) is 0 Å². The van der Waals surface area contributed by atoms with Crippen LogP contribution >= 0.6 is 0 Å². The Labute approximate surface area is 126 Å². The number of ether oxygens (including phenoxy) is 1. The number of methoxy groups -OCH3 is 1. The van der Waals surface area contributed by atoms with E-state index in [0.717, 1.165) is 11.3 Å². The van der Waals surface area contributed by atoms with E-state index in [-0.39, 0.29) is 12.1 Å². The van der Waals surface area contributed by atoms with E-state index in [2.05, 4.69) is 37.4 Å². The third-order valence-corrected chi connectivity index (χ3v) is 3.63. The minimum Gasteiger partial charge on any atom is -0.497 e. The summed E-state index contributed by atoms with van der Waals surface area (Å²) >= 11 is 0. The first-order valence-electron chi connectivity index (χ1n) is 7.04. The maximum atomic E-state index is 8.97. The number of hydrogen-bond acceptors (Lipinski definition) is 3. The Morgan fingerprint density at radius 3 is 2.29 bits per heavy atom. The lowest BCUT2D eigenvalue weighted by Crippen LogP contribution is -2.22. The van der Waals surface area contributed by atoms with Crippen LogP contribution < -0.4 is 10.1 Å². The summed E-state index contributed by atoms with van der Waals surface area (Å²) in [7, 11) is 1.67. The Morgan fingerprint density at radius 1 is 1.00 bits per heavy atom. The fraction of sp³-hybridized carbons (Fsp3) is 0.278. The van der Waals surface area contributed by atoms with Gasteiger partial charge in [-0.05, 0) is 49.2 Å². The second-order valence-electron chi connectivity index (χ2n) is 5.12. The van der Waals surface area contributed by atoms with Crippen molar-refractivity contribution in [1.82, 2.24) is 5.32 Å². The number of nitrogens with zero attached hydrogens (tertiary/aromatic N) is 1. The first kappa shape index (κ1) is 15.1. The maximum Gasteiger partial charge on any atom is 0.118 e. The maximum absolute atomic E-state index is 8.97. The molecule has 0 radical (unpaired) electrons. The van der Waals surface area contributed by atoms with Crippen LogP contribution in [0, 0.1) is 11.3 Å². The van der Waals surface area contributed by atoms with Crippen molar-refractivity contribution in [2.45, 2.75) is 25.9 Å². The van der Waals surface area contributed by atoms with E-state index in [1.807, 2.05) is 36.4 Å². The molecule has 21 heavy (non-hydrogen) atoms. The number of benzene rings is 2. The van der Waals surface area contributed by atoms with Crippen molar-refractivity contribution in [3.63, 3.8) is 0 Å². The SMILES string of the molecule is COc1ccc([C@@H](C)NC(C)c2cccc(C#N)c2)cc1. The molecule has 3 nitrogen and oxygen atoms in total. The highest BCUT2D eigenvalue weighted by atomic mass is 16.5. The lowest BCUT2D eigenvalue weighted by Gasteiger charge is -2.21. The van der Waals surface area contributed by atoms with Gasteiger partial charge < -0.3 is 10.1 Å². The number of rotatable bonds is 5. The molecule has 0 heterocycles. The average molecular weight is 280 g/mol. The van der Waals surface area contributed by atoms with Gasteiger partial charge in [0, 0.05) is 12.1 Å². The van der Waals surface area contributed by atoms with Gasteiger partial charge in [-0.2, -0.15) is 5.26 Å². The molecule has 1 N–H and O–H groups in total. The fourth-order valence-electron chi connectivity index (χ4n) is 2.34. The first-order valence-corrected chi connectivity index (χ1v) is 7.04. The van der Waals surface area contributed by atoms with Crippen molar-refractivity contribution in [3.8, 4) is 11.8 Å². The second kappa shape index (κ2) is 6.92. The van der Waals surface area contributed by atoms with Crippen molar-refractivity contribution in [1.29, 1.82) is 5.26 Å². The van der Waals surface area contributed by atoms with Crippen molar-refractivity contribution >= 4 is 0 Å². The summed E-state index contributed by atoms with van der Waals surface area (Å²) in [5.74, 6) is 0.862. The van der Waals surface area contributed by atoms with Crippen LogP contribution in [0.5, 0.6) is 5.75 Å². The molecule has 2 aromatic carbocycles. The van der Waals surface area contributed by atoms with Gasteiger partial charge in [0.15, 0.2) is 0 Å². The van der Waals surface area contributed by atoms with Crippen LogP contribution in [0.25, 0.3) is 0 Å². The molecule has 2 atom stereocenters. The van der Waals surface area contributed by atoms with Crippen molar-refractivity contribution in [2.24, 2.45) is 0 Å². The topological polar surface area (TPSA) is 45.0 Å². The highest BCUT2D eigenvalue weighted by Gasteiger charge is 2.11. The summed E-state index contributed by atoms with van der Waals surface area (Å²) in [6, 6.07) is 18.3. The zero-order valence-corrected chi connectivity index (χ0v) is 12.6. The molecule has 0 aliphatic heterocycles. The Morgan fingerprint density at radius 2 is 1.67 bits per heavy atom. The van der Waals surface area contributed by atoms with Crippen LogP contribution in [-0.4, -0.2) is 7.11 Å². The smallest absolute Gasteiger partial charge is 0.118 e. The van der Waals surface area contributed by atoms with Gasteiger partial charge in [0.25, 0.3) is 0 Å². The first-order chi connectivity index (χ1) is 10.1. The van der Waals surface area contributed by atoms with E-state index >= 15 is 0 Å². The van der Waals surface area contributed by atoms with Crippen LogP contribution in [-0.2, 0) is 0 Å². The molecule has 0 saturated carbocycles. The summed E-state index contributed by atoms with van der Waals surface area (Å²) in [5, 5.41) is 12.5. The monoisotopic (exact) mass is 280 g/mol. The third kappa shape index (κ3) is 3.84. The normalized spacial score (nSPS) is 13.2. The van der Waals surface area contributed by atoms with E-state index in [9.17, 15) is 0 Å². The molecule has 0 fully saturated rings. The lowest BCUT2D eigenvalue weighted by molar-refractivity contribution is 0.414. The van der Waals surface area contributed by atoms with Crippen LogP contribution in [0.3, 0.4) is 0 Å². The molecular weight excluding hydrogens is 260 g/mol. The Hall–Kier alpha value is -2.31. The second-order valence-corrected chi connectivity index (χ2v) is 5.12. The molecule has 0 aliphatic carbocycles. The minimum atomic E-state index is 0.176. The molecule has 0 saturated heterocycles. The van der Waals surface area contributed by atoms with Gasteiger partial charge in [0.1, 0.15) is 5.75 Å². The van der Waals surface area contributed by atoms with Gasteiger partial charge in [-0.25, -0.2) is 0 Å². The van der Waals surface area contributed by atoms with Gasteiger partial charge >= 0.3 is 0 Å². The van der Waals surface area contributed by atoms with Crippen LogP contribution in [0.2, 0.25) is 0 Å². The van der Waals surface area contributed by atoms with E-state index < -0.39 is 0 Å². The summed E-state index contributed by atoms with van der Waals surface area (Å²) in [6.07, 6.45) is 0. The van der Waals surface area contributed by atoms with Crippen molar-refractivity contribution in [2.75, 3.05) is 7.11 Å². The van der Waals surface area contributed by atoms with Gasteiger partial charge in [-0.3, -0.25) is 0 Å². The lowest BCUT2D eigenvalue weighted by atomic mass is 10.0. The quantitative estimate of drug-likeness (QED) is 0.901. The van der Waals surface area contributed by atoms with E-state index in [1.54, 1.807) is 7.11 Å². The fourth-order valence-corrected chi connectivity index (χ4v) is 2.34. The Bertz CT molecular complexity index is 628. The average Bonchev–Trinajstić information content (AvgIpc) is 2.54. The molecule has 2 rings (SSSR count). The molecule has 0 aliphatic rings. The van der Waals surface area contributed by atoms with Gasteiger partial charge in [-0.1, -0.05) is 24.3 Å². The van der Waals surface area contributed by atoms with E-state index in [1.165, 1.54) is 5.56 Å². The predicted molar refractivity (Wildman–Crippen MR) is 84.1 cm³/mol. The molecule has 0 aromatic heterocycles. The predicted octanol–water partition coefficient (Wildman–Crippen LogP) is 3.98. The minimum absolute atomic E-state index is 0.176. The summed E-state index contributed by atoms with van der Waals surface area (Å²) < 4.78 is 5.17. The molecular formula is C18H20N2O. The summed E-state index contributed by atoms with van der Waals surface area (Å²) in [4.78, 5) is 0. The molecule has 108 valence electrons. The Balaban J connectivity index is 2.07. The standard InChI is InChI=1S/C18H20N2O/c1-13(16-7-9-18(21-3)10-8-16)20-14(2)17-6-4-5-15(11-17)12-19/h4-11,13-14,20H,1-3H3/t13-,14?/m1/s1. The summed E-state index contributed by atoms with van der Waals surface area (Å²) in [5.41, 5.74) is 3.02. The molecule has 0 amide bonds. The Kier molecular flexibility index (Phi) is 4.97. The van der Waals surface area contributed by atoms with Gasteiger partial charge in [0.05, 0.1) is 18.7 Å². The molecule has 0 bridgehead atoms. The zero-order valence-electron chi connectivity index (χ0n) is 12.6. The van der Waals surface area contributed by atoms with E-state index in [4.69, 9.17) is 10.00 Å².